The number of fused-ring (bicyclic) bond motifs is 5. The summed E-state index contributed by atoms with van der Waals surface area (Å²) in [7, 11) is 0. The van der Waals surface area contributed by atoms with Crippen molar-refractivity contribution >= 4 is 34.4 Å². The maximum Gasteiger partial charge on any atom is 0.332 e. The Kier molecular flexibility index (Phi) is 5.33. The number of amides is 4. The van der Waals surface area contributed by atoms with Crippen molar-refractivity contribution in [3.8, 4) is 0 Å². The number of urea groups is 1. The molecule has 1 unspecified atom stereocenters. The molecule has 0 aliphatic carbocycles. The molecular weight excluding hydrogens is 471 g/mol. The SMILES string of the molecule is CC12C(=O)N(c3cccc(C(=O)NCCc4ccc(F)cc4)c3)C(=O)N1CCc1c2[nH]c2ccccc12. The van der Waals surface area contributed by atoms with Crippen LogP contribution in [-0.2, 0) is 23.2 Å². The lowest BCUT2D eigenvalue weighted by Gasteiger charge is -2.35. The first-order chi connectivity index (χ1) is 17.9. The van der Waals surface area contributed by atoms with E-state index in [1.807, 2.05) is 24.3 Å². The van der Waals surface area contributed by atoms with Crippen LogP contribution in [0.2, 0.25) is 0 Å². The highest BCUT2D eigenvalue weighted by Gasteiger charge is 2.59. The summed E-state index contributed by atoms with van der Waals surface area (Å²) in [6.07, 6.45) is 1.20. The molecule has 6 rings (SSSR count). The van der Waals surface area contributed by atoms with Crippen molar-refractivity contribution < 1.29 is 18.8 Å². The van der Waals surface area contributed by atoms with Gasteiger partial charge in [-0.25, -0.2) is 14.1 Å². The number of hydrogen-bond acceptors (Lipinski definition) is 3. The third-order valence-corrected chi connectivity index (χ3v) is 7.45. The zero-order chi connectivity index (χ0) is 25.7. The highest BCUT2D eigenvalue weighted by molar-refractivity contribution is 6.24. The van der Waals surface area contributed by atoms with Crippen LogP contribution in [0.25, 0.3) is 10.9 Å². The van der Waals surface area contributed by atoms with Crippen LogP contribution >= 0.6 is 0 Å². The Bertz CT molecular complexity index is 1560. The Morgan fingerprint density at radius 3 is 2.65 bits per heavy atom. The fourth-order valence-corrected chi connectivity index (χ4v) is 5.48. The summed E-state index contributed by atoms with van der Waals surface area (Å²) >= 11 is 0. The summed E-state index contributed by atoms with van der Waals surface area (Å²) in [6.45, 7) is 2.58. The van der Waals surface area contributed by atoms with Crippen LogP contribution < -0.4 is 10.2 Å². The molecule has 7 nitrogen and oxygen atoms in total. The summed E-state index contributed by atoms with van der Waals surface area (Å²) < 4.78 is 13.1. The maximum atomic E-state index is 13.9. The molecule has 1 aromatic heterocycles. The molecule has 0 bridgehead atoms. The van der Waals surface area contributed by atoms with E-state index >= 15 is 0 Å². The van der Waals surface area contributed by atoms with Crippen molar-refractivity contribution in [2.75, 3.05) is 18.0 Å². The van der Waals surface area contributed by atoms with Crippen molar-refractivity contribution in [1.82, 2.24) is 15.2 Å². The minimum absolute atomic E-state index is 0.304. The smallest absolute Gasteiger partial charge is 0.332 e. The standard InChI is InChI=1S/C29H25FN4O3/c1-29-25-23(22-7-2-3-8-24(22)32-25)14-16-33(29)28(37)34(27(29)36)21-6-4-5-19(17-21)26(35)31-15-13-18-9-11-20(30)12-10-18/h2-12,17,32H,13-16H2,1H3,(H,31,35). The van der Waals surface area contributed by atoms with Crippen molar-refractivity contribution in [1.29, 1.82) is 0 Å². The van der Waals surface area contributed by atoms with E-state index in [1.54, 1.807) is 48.2 Å². The number of nitrogens with one attached hydrogen (secondary N) is 2. The molecule has 2 aliphatic rings. The van der Waals surface area contributed by atoms with Gasteiger partial charge in [-0.15, -0.1) is 0 Å². The number of halogens is 1. The predicted octanol–water partition coefficient (Wildman–Crippen LogP) is 4.52. The van der Waals surface area contributed by atoms with Crippen LogP contribution in [0.1, 0.15) is 34.1 Å². The first-order valence-electron chi connectivity index (χ1n) is 12.3. The van der Waals surface area contributed by atoms with Crippen LogP contribution in [0, 0.1) is 5.82 Å². The third-order valence-electron chi connectivity index (χ3n) is 7.45. The number of H-pyrrole nitrogens is 1. The van der Waals surface area contributed by atoms with Crippen LogP contribution in [0.4, 0.5) is 14.9 Å². The zero-order valence-electron chi connectivity index (χ0n) is 20.3. The van der Waals surface area contributed by atoms with Gasteiger partial charge in [0.1, 0.15) is 5.82 Å². The topological polar surface area (TPSA) is 85.5 Å². The molecule has 0 spiro atoms. The van der Waals surface area contributed by atoms with E-state index in [9.17, 15) is 18.8 Å². The van der Waals surface area contributed by atoms with Crippen LogP contribution in [-0.4, -0.2) is 40.8 Å². The van der Waals surface area contributed by atoms with Gasteiger partial charge in [-0.3, -0.25) is 9.59 Å². The van der Waals surface area contributed by atoms with E-state index in [4.69, 9.17) is 0 Å². The average molecular weight is 497 g/mol. The number of anilines is 1. The zero-order valence-corrected chi connectivity index (χ0v) is 20.3. The quantitative estimate of drug-likeness (QED) is 0.399. The maximum absolute atomic E-state index is 13.9. The molecule has 0 radical (unpaired) electrons. The lowest BCUT2D eigenvalue weighted by Crippen LogP contribution is -2.49. The number of para-hydroxylation sites is 1. The minimum atomic E-state index is -1.16. The first kappa shape index (κ1) is 23.0. The summed E-state index contributed by atoms with van der Waals surface area (Å²) in [5.74, 6) is -0.967. The van der Waals surface area contributed by atoms with Gasteiger partial charge in [0.15, 0.2) is 5.54 Å². The number of carbonyl (C=O) groups excluding carboxylic acids is 3. The molecule has 37 heavy (non-hydrogen) atoms. The molecule has 1 atom stereocenters. The number of carbonyl (C=O) groups is 3. The summed E-state index contributed by atoms with van der Waals surface area (Å²) in [5, 5.41) is 3.92. The molecule has 3 heterocycles. The predicted molar refractivity (Wildman–Crippen MR) is 138 cm³/mol. The summed E-state index contributed by atoms with van der Waals surface area (Å²) in [5.41, 5.74) is 3.20. The number of benzene rings is 3. The van der Waals surface area contributed by atoms with Gasteiger partial charge < -0.3 is 15.2 Å². The molecule has 4 amide bonds. The lowest BCUT2D eigenvalue weighted by molar-refractivity contribution is -0.125. The third kappa shape index (κ3) is 3.59. The Morgan fingerprint density at radius 1 is 1.05 bits per heavy atom. The lowest BCUT2D eigenvalue weighted by atomic mass is 9.87. The summed E-state index contributed by atoms with van der Waals surface area (Å²) in [6, 6.07) is 20.2. The van der Waals surface area contributed by atoms with Crippen molar-refractivity contribution in [3.63, 3.8) is 0 Å². The second-order valence-electron chi connectivity index (χ2n) is 9.60. The normalized spacial score (nSPS) is 18.8. The molecule has 0 saturated carbocycles. The van der Waals surface area contributed by atoms with Gasteiger partial charge in [0, 0.05) is 29.6 Å². The molecule has 2 N–H and O–H groups in total. The monoisotopic (exact) mass is 496 g/mol. The number of aromatic nitrogens is 1. The number of imide groups is 1. The van der Waals surface area contributed by atoms with Crippen molar-refractivity contribution in [2.24, 2.45) is 0 Å². The van der Waals surface area contributed by atoms with E-state index in [1.165, 1.54) is 17.0 Å². The molecule has 1 saturated heterocycles. The van der Waals surface area contributed by atoms with Crippen LogP contribution in [0.3, 0.4) is 0 Å². The van der Waals surface area contributed by atoms with Crippen molar-refractivity contribution in [2.45, 2.75) is 25.3 Å². The van der Waals surface area contributed by atoms with E-state index in [0.29, 0.717) is 37.2 Å². The Hall–Kier alpha value is -4.46. The number of hydrogen-bond donors (Lipinski definition) is 2. The van der Waals surface area contributed by atoms with Gasteiger partial charge in [0.25, 0.3) is 11.8 Å². The number of rotatable bonds is 5. The molecule has 2 aliphatic heterocycles. The Labute approximate surface area is 212 Å². The van der Waals surface area contributed by atoms with Crippen LogP contribution in [0.15, 0.2) is 72.8 Å². The highest BCUT2D eigenvalue weighted by Crippen LogP contribution is 2.45. The summed E-state index contributed by atoms with van der Waals surface area (Å²) in [4.78, 5) is 46.4. The van der Waals surface area contributed by atoms with Gasteiger partial charge >= 0.3 is 6.03 Å². The molecular formula is C29H25FN4O3. The molecule has 8 heteroatoms. The Balaban J connectivity index is 1.25. The largest absolute Gasteiger partial charge is 0.356 e. The van der Waals surface area contributed by atoms with E-state index in [2.05, 4.69) is 10.3 Å². The first-order valence-corrected chi connectivity index (χ1v) is 12.3. The van der Waals surface area contributed by atoms with E-state index in [0.717, 1.165) is 27.7 Å². The highest BCUT2D eigenvalue weighted by atomic mass is 19.1. The molecule has 186 valence electrons. The van der Waals surface area contributed by atoms with Gasteiger partial charge in [-0.05, 0) is 67.3 Å². The second kappa shape index (κ2) is 8.58. The van der Waals surface area contributed by atoms with Gasteiger partial charge in [0.2, 0.25) is 0 Å². The molecule has 1 fully saturated rings. The second-order valence-corrected chi connectivity index (χ2v) is 9.60. The van der Waals surface area contributed by atoms with Gasteiger partial charge in [-0.1, -0.05) is 36.4 Å². The molecule has 4 aromatic rings. The minimum Gasteiger partial charge on any atom is -0.356 e. The molecule has 3 aromatic carbocycles. The Morgan fingerprint density at radius 2 is 1.84 bits per heavy atom. The van der Waals surface area contributed by atoms with Crippen LogP contribution in [0.5, 0.6) is 0 Å². The average Bonchev–Trinajstić information content (AvgIpc) is 3.38. The van der Waals surface area contributed by atoms with Crippen molar-refractivity contribution in [3.05, 3.63) is 101 Å². The number of aromatic amines is 1. The fourth-order valence-electron chi connectivity index (χ4n) is 5.48. The fraction of sp³-hybridized carbons (Fsp3) is 0.207. The van der Waals surface area contributed by atoms with E-state index < -0.39 is 11.6 Å². The number of nitrogens with zero attached hydrogens (tertiary/aromatic N) is 2. The van der Waals surface area contributed by atoms with E-state index in [-0.39, 0.29) is 17.6 Å². The van der Waals surface area contributed by atoms with Gasteiger partial charge in [0.05, 0.1) is 11.4 Å². The van der Waals surface area contributed by atoms with Gasteiger partial charge in [-0.2, -0.15) is 0 Å².